The maximum absolute atomic E-state index is 12.8. The van der Waals surface area contributed by atoms with Crippen LogP contribution in [0, 0.1) is 31.6 Å². The number of likely N-dealkylation sites (tertiary alicyclic amines) is 1. The fourth-order valence-electron chi connectivity index (χ4n) is 4.94. The number of aliphatic hydroxyl groups excluding tert-OH is 1. The Morgan fingerprint density at radius 1 is 1.35 bits per heavy atom. The van der Waals surface area contributed by atoms with E-state index < -0.39 is 6.10 Å². The number of hydrogen-bond acceptors (Lipinski definition) is 8. The molecule has 1 aromatic heterocycles. The maximum atomic E-state index is 12.8. The van der Waals surface area contributed by atoms with E-state index in [0.717, 1.165) is 29.8 Å². The van der Waals surface area contributed by atoms with E-state index in [4.69, 9.17) is 4.74 Å². The van der Waals surface area contributed by atoms with Gasteiger partial charge in [0.05, 0.1) is 11.7 Å². The van der Waals surface area contributed by atoms with Gasteiger partial charge in [0, 0.05) is 49.7 Å². The number of rotatable bonds is 5. The summed E-state index contributed by atoms with van der Waals surface area (Å²) in [5.74, 6) is 1.22. The number of benzene rings is 1. The van der Waals surface area contributed by atoms with Crippen molar-refractivity contribution in [2.75, 3.05) is 31.6 Å². The van der Waals surface area contributed by atoms with Gasteiger partial charge in [-0.15, -0.1) is 12.4 Å². The van der Waals surface area contributed by atoms with Gasteiger partial charge in [-0.2, -0.15) is 4.37 Å². The summed E-state index contributed by atoms with van der Waals surface area (Å²) in [7, 11) is 1.77. The smallest absolute Gasteiger partial charge is 0.338 e. The van der Waals surface area contributed by atoms with Crippen LogP contribution in [0.2, 0.25) is 0 Å². The molecule has 3 atom stereocenters. The van der Waals surface area contributed by atoms with Crippen LogP contribution in [0.5, 0.6) is 0 Å². The van der Waals surface area contributed by atoms with Crippen molar-refractivity contribution in [3.8, 4) is 0 Å². The highest BCUT2D eigenvalue weighted by Crippen LogP contribution is 2.53. The van der Waals surface area contributed by atoms with Gasteiger partial charge in [0.2, 0.25) is 11.0 Å². The molecule has 166 valence electrons. The fraction of sp³-hybridized carbons (Fsp3) is 0.524. The van der Waals surface area contributed by atoms with Crippen LogP contribution >= 0.6 is 23.9 Å². The summed E-state index contributed by atoms with van der Waals surface area (Å²) in [6.45, 7) is 6.18. The largest absolute Gasteiger partial charge is 0.457 e. The van der Waals surface area contributed by atoms with Gasteiger partial charge in [0.25, 0.3) is 0 Å². The highest BCUT2D eigenvalue weighted by molar-refractivity contribution is 7.09. The van der Waals surface area contributed by atoms with E-state index in [1.54, 1.807) is 18.0 Å². The summed E-state index contributed by atoms with van der Waals surface area (Å²) < 4.78 is 9.26. The second-order valence-electron chi connectivity index (χ2n) is 8.49. The zero-order chi connectivity index (χ0) is 21.2. The van der Waals surface area contributed by atoms with Gasteiger partial charge in [-0.1, -0.05) is 6.07 Å². The van der Waals surface area contributed by atoms with Gasteiger partial charge in [0.1, 0.15) is 12.4 Å². The van der Waals surface area contributed by atoms with Crippen molar-refractivity contribution in [3.63, 3.8) is 0 Å². The Labute approximate surface area is 190 Å². The van der Waals surface area contributed by atoms with E-state index in [9.17, 15) is 14.7 Å². The molecule has 2 aromatic rings. The molecule has 5 rings (SSSR count). The number of anilines is 1. The Morgan fingerprint density at radius 2 is 2.06 bits per heavy atom. The molecule has 3 heterocycles. The van der Waals surface area contributed by atoms with Gasteiger partial charge in [0.15, 0.2) is 0 Å². The molecule has 1 aromatic carbocycles. The van der Waals surface area contributed by atoms with Crippen LogP contribution in [0.3, 0.4) is 0 Å². The highest BCUT2D eigenvalue weighted by atomic mass is 35.5. The number of carbonyl (C=O) groups excluding carboxylic acids is 2. The van der Waals surface area contributed by atoms with Crippen LogP contribution in [0.1, 0.15) is 39.0 Å². The molecule has 8 nitrogen and oxygen atoms in total. The number of fused-ring (bicyclic) bond motifs is 2. The van der Waals surface area contributed by atoms with Crippen molar-refractivity contribution >= 4 is 40.9 Å². The van der Waals surface area contributed by atoms with Crippen molar-refractivity contribution < 1.29 is 19.4 Å². The Kier molecular flexibility index (Phi) is 5.80. The molecule has 0 radical (unpaired) electrons. The highest BCUT2D eigenvalue weighted by Gasteiger charge is 2.60. The number of hydrogen-bond donors (Lipinski definition) is 1. The normalized spacial score (nSPS) is 24.8. The summed E-state index contributed by atoms with van der Waals surface area (Å²) in [6.07, 6.45) is -0.635. The minimum Gasteiger partial charge on any atom is -0.457 e. The Hall–Kier alpha value is -2.07. The molecule has 31 heavy (non-hydrogen) atoms. The van der Waals surface area contributed by atoms with Crippen LogP contribution in [0.4, 0.5) is 5.13 Å². The number of cyclic esters (lactones) is 1. The van der Waals surface area contributed by atoms with E-state index in [-0.39, 0.29) is 36.8 Å². The second kappa shape index (κ2) is 8.12. The second-order valence-corrected chi connectivity index (χ2v) is 9.22. The number of nitrogens with zero attached hydrogens (tertiary/aromatic N) is 4. The van der Waals surface area contributed by atoms with Gasteiger partial charge in [-0.25, -0.2) is 9.78 Å². The number of carbonyl (C=O) groups is 2. The quantitative estimate of drug-likeness (QED) is 0.677. The van der Waals surface area contributed by atoms with Gasteiger partial charge < -0.3 is 9.84 Å². The third-order valence-corrected chi connectivity index (χ3v) is 7.57. The van der Waals surface area contributed by atoms with E-state index in [1.807, 2.05) is 19.9 Å². The summed E-state index contributed by atoms with van der Waals surface area (Å²) in [5.41, 5.74) is 3.24. The minimum absolute atomic E-state index is 0. The third-order valence-electron chi connectivity index (χ3n) is 6.69. The van der Waals surface area contributed by atoms with Gasteiger partial charge in [-0.3, -0.25) is 14.6 Å². The maximum Gasteiger partial charge on any atom is 0.338 e. The topological polar surface area (TPSA) is 95.9 Å². The number of esters is 1. The number of halogens is 1. The van der Waals surface area contributed by atoms with Crippen LogP contribution in [0.25, 0.3) is 0 Å². The van der Waals surface area contributed by atoms with Crippen molar-refractivity contribution in [1.29, 1.82) is 0 Å². The number of aromatic nitrogens is 2. The summed E-state index contributed by atoms with van der Waals surface area (Å²) in [4.78, 5) is 32.7. The molecule has 0 spiro atoms. The monoisotopic (exact) mass is 464 g/mol. The number of β-amino-alcohol motifs (C(OH)–C–C–N with tert-alkyl or cyclic N) is 1. The zero-order valence-corrected chi connectivity index (χ0v) is 19.2. The number of piperidine rings is 1. The molecular formula is C21H25ClN4O4S. The molecule has 1 N–H and O–H groups in total. The predicted molar refractivity (Wildman–Crippen MR) is 117 cm³/mol. The molecule has 1 amide bonds. The van der Waals surface area contributed by atoms with E-state index in [2.05, 4.69) is 14.3 Å². The number of aliphatic hydroxyl groups is 1. The van der Waals surface area contributed by atoms with E-state index in [1.165, 1.54) is 11.5 Å². The first-order chi connectivity index (χ1) is 14.3. The Morgan fingerprint density at radius 3 is 2.71 bits per heavy atom. The first-order valence-corrected chi connectivity index (χ1v) is 10.9. The van der Waals surface area contributed by atoms with Gasteiger partial charge >= 0.3 is 5.97 Å². The fourth-order valence-corrected chi connectivity index (χ4v) is 5.58. The lowest BCUT2D eigenvalue weighted by Crippen LogP contribution is -2.35. The summed E-state index contributed by atoms with van der Waals surface area (Å²) in [5, 5.41) is 11.5. The summed E-state index contributed by atoms with van der Waals surface area (Å²) >= 11 is 1.25. The molecular weight excluding hydrogens is 440 g/mol. The number of aryl methyl sites for hydroxylation is 1. The van der Waals surface area contributed by atoms with E-state index in [0.29, 0.717) is 34.9 Å². The molecule has 0 bridgehead atoms. The minimum atomic E-state index is -0.635. The molecule has 3 aliphatic rings. The van der Waals surface area contributed by atoms with Crippen LogP contribution in [-0.4, -0.2) is 57.9 Å². The zero-order valence-electron chi connectivity index (χ0n) is 17.6. The van der Waals surface area contributed by atoms with Crippen molar-refractivity contribution in [2.24, 2.45) is 17.8 Å². The SMILES string of the molecule is Cc1nsc(N(C)C(=O)C2C3CN(C[C@H](O)c4ccc5c(c4C)COC5=O)CC32)n1.Cl. The lowest BCUT2D eigenvalue weighted by atomic mass is 9.95. The first-order valence-electron chi connectivity index (χ1n) is 10.1. The number of amides is 1. The average molecular weight is 465 g/mol. The van der Waals surface area contributed by atoms with Crippen molar-refractivity contribution in [2.45, 2.75) is 26.6 Å². The predicted octanol–water partition coefficient (Wildman–Crippen LogP) is 2.12. The third kappa shape index (κ3) is 3.73. The average Bonchev–Trinajstić information content (AvgIpc) is 3.09. The Balaban J connectivity index is 0.00000231. The lowest BCUT2D eigenvalue weighted by molar-refractivity contribution is -0.120. The van der Waals surface area contributed by atoms with E-state index >= 15 is 0 Å². The first kappa shape index (κ1) is 22.1. The van der Waals surface area contributed by atoms with Crippen molar-refractivity contribution in [3.05, 3.63) is 40.2 Å². The molecule has 10 heteroatoms. The lowest BCUT2D eigenvalue weighted by Gasteiger charge is -2.24. The molecule has 2 fully saturated rings. The van der Waals surface area contributed by atoms with Crippen molar-refractivity contribution in [1.82, 2.24) is 14.3 Å². The van der Waals surface area contributed by atoms with Crippen LogP contribution < -0.4 is 4.90 Å². The van der Waals surface area contributed by atoms with Gasteiger partial charge in [-0.05, 0) is 42.9 Å². The van der Waals surface area contributed by atoms with Crippen LogP contribution in [-0.2, 0) is 16.1 Å². The molecule has 2 unspecified atom stereocenters. The standard InChI is InChI=1S/C21H24N4O4S.ClH/c1-10-12(4-5-13-16(10)9-29-20(13)28)17(26)8-25-6-14-15(7-25)18(14)19(27)24(3)21-22-11(2)23-30-21;/h4-5,14-15,17-18,26H,6-9H2,1-3H3;1H/t14?,15?,17-,18?;/m0./s1. The molecule has 1 aliphatic carbocycles. The Bertz CT molecular complexity index is 1030. The van der Waals surface area contributed by atoms with Crippen LogP contribution in [0.15, 0.2) is 12.1 Å². The molecule has 1 saturated carbocycles. The molecule has 1 saturated heterocycles. The summed E-state index contributed by atoms with van der Waals surface area (Å²) in [6, 6.07) is 3.57. The molecule has 2 aliphatic heterocycles. The number of ether oxygens (including phenoxy) is 1.